The molecule has 0 N–H and O–H groups in total. The molecule has 0 aliphatic heterocycles. The van der Waals surface area contributed by atoms with Crippen molar-refractivity contribution in [1.82, 2.24) is 9.36 Å². The van der Waals surface area contributed by atoms with Crippen LogP contribution in [-0.2, 0) is 11.8 Å². The Kier molecular flexibility index (Phi) is 7.72. The van der Waals surface area contributed by atoms with E-state index in [0.29, 0.717) is 28.5 Å². The minimum absolute atomic E-state index is 0.206. The number of hydrogen-bond donors (Lipinski definition) is 0. The number of nitrogens with zero attached hydrogens (tertiary/aromatic N) is 3. The third kappa shape index (κ3) is 5.20. The smallest absolute Gasteiger partial charge is 0.321 e. The van der Waals surface area contributed by atoms with Crippen LogP contribution >= 0.6 is 11.8 Å². The molecule has 166 valence electrons. The fourth-order valence-corrected chi connectivity index (χ4v) is 3.58. The molecule has 3 aromatic rings. The fourth-order valence-electron chi connectivity index (χ4n) is 3.07. The highest BCUT2D eigenvalue weighted by molar-refractivity contribution is 8.00. The summed E-state index contributed by atoms with van der Waals surface area (Å²) in [6.45, 7) is 5.47. The molecule has 0 aliphatic rings. The van der Waals surface area contributed by atoms with Gasteiger partial charge in [0.15, 0.2) is 17.2 Å². The van der Waals surface area contributed by atoms with Crippen molar-refractivity contribution in [3.05, 3.63) is 82.8 Å². The van der Waals surface area contributed by atoms with Gasteiger partial charge in [-0.25, -0.2) is 9.67 Å². The average molecular weight is 452 g/mol. The van der Waals surface area contributed by atoms with Gasteiger partial charge in [0.2, 0.25) is 0 Å². The molecule has 0 atom stereocenters. The van der Waals surface area contributed by atoms with Crippen molar-refractivity contribution in [2.24, 2.45) is 12.0 Å². The number of benzene rings is 2. The fraction of sp³-hybridized carbons (Fsp3) is 0.208. The number of carbonyl (C=O) groups excluding carboxylic acids is 1. The van der Waals surface area contributed by atoms with Crippen LogP contribution < -0.4 is 15.0 Å². The molecular weight excluding hydrogens is 426 g/mol. The summed E-state index contributed by atoms with van der Waals surface area (Å²) < 4.78 is 14.1. The second-order valence-electron chi connectivity index (χ2n) is 6.86. The van der Waals surface area contributed by atoms with Crippen LogP contribution in [0.5, 0.6) is 11.5 Å². The largest absolute Gasteiger partial charge is 0.493 e. The van der Waals surface area contributed by atoms with Gasteiger partial charge in [-0.05, 0) is 42.8 Å². The second-order valence-corrected chi connectivity index (χ2v) is 7.89. The Morgan fingerprint density at radius 2 is 1.94 bits per heavy atom. The van der Waals surface area contributed by atoms with Crippen LogP contribution in [0.3, 0.4) is 0 Å². The number of ether oxygens (including phenoxy) is 2. The van der Waals surface area contributed by atoms with Crippen LogP contribution in [0.2, 0.25) is 0 Å². The minimum atomic E-state index is -0.363. The van der Waals surface area contributed by atoms with Crippen molar-refractivity contribution in [3.8, 4) is 17.2 Å². The van der Waals surface area contributed by atoms with E-state index in [0.717, 1.165) is 11.4 Å². The van der Waals surface area contributed by atoms with E-state index in [4.69, 9.17) is 9.47 Å². The maximum Gasteiger partial charge on any atom is 0.321 e. The van der Waals surface area contributed by atoms with Crippen LogP contribution in [0, 0.1) is 6.92 Å². The molecule has 3 rings (SSSR count). The lowest BCUT2D eigenvalue weighted by Gasteiger charge is -2.09. The zero-order chi connectivity index (χ0) is 23.1. The highest BCUT2D eigenvalue weighted by Gasteiger charge is 2.15. The molecule has 1 aromatic heterocycles. The molecule has 32 heavy (non-hydrogen) atoms. The number of hydrogen-bond acceptors (Lipinski definition) is 6. The zero-order valence-electron chi connectivity index (χ0n) is 18.3. The van der Waals surface area contributed by atoms with E-state index < -0.39 is 0 Å². The second kappa shape index (κ2) is 10.7. The van der Waals surface area contributed by atoms with Gasteiger partial charge in [-0.3, -0.25) is 14.3 Å². The molecule has 0 saturated heterocycles. The monoisotopic (exact) mass is 451 g/mol. The maximum absolute atomic E-state index is 13.0. The molecule has 0 fully saturated rings. The number of para-hydroxylation sites is 1. The number of methoxy groups -OCH3 is 1. The van der Waals surface area contributed by atoms with E-state index in [2.05, 4.69) is 11.6 Å². The summed E-state index contributed by atoms with van der Waals surface area (Å²) >= 11 is 1.42. The van der Waals surface area contributed by atoms with Gasteiger partial charge in [-0.1, -0.05) is 24.3 Å². The highest BCUT2D eigenvalue weighted by Crippen LogP contribution is 2.28. The van der Waals surface area contributed by atoms with Gasteiger partial charge in [-0.15, -0.1) is 18.3 Å². The van der Waals surface area contributed by atoms with Gasteiger partial charge >= 0.3 is 5.97 Å². The van der Waals surface area contributed by atoms with Crippen molar-refractivity contribution in [2.45, 2.75) is 6.92 Å². The van der Waals surface area contributed by atoms with Crippen molar-refractivity contribution in [2.75, 3.05) is 18.6 Å². The number of esters is 1. The molecule has 0 radical (unpaired) electrons. The Bertz CT molecular complexity index is 1200. The van der Waals surface area contributed by atoms with Crippen LogP contribution in [0.15, 0.2) is 71.0 Å². The van der Waals surface area contributed by atoms with Gasteiger partial charge in [0.1, 0.15) is 0 Å². The molecule has 0 amide bonds. The van der Waals surface area contributed by atoms with Gasteiger partial charge in [0.25, 0.3) is 5.56 Å². The Hall–Kier alpha value is -3.52. The molecule has 0 spiro atoms. The molecule has 0 unspecified atom stereocenters. The van der Waals surface area contributed by atoms with E-state index >= 15 is 0 Å². The summed E-state index contributed by atoms with van der Waals surface area (Å²) in [6.07, 6.45) is 3.32. The third-order valence-corrected chi connectivity index (χ3v) is 5.64. The summed E-state index contributed by atoms with van der Waals surface area (Å²) in [5.41, 5.74) is 2.36. The summed E-state index contributed by atoms with van der Waals surface area (Å²) in [5.74, 6) is 1.27. The lowest BCUT2D eigenvalue weighted by atomic mass is 10.2. The van der Waals surface area contributed by atoms with Gasteiger partial charge in [0.05, 0.1) is 24.2 Å². The third-order valence-electron chi connectivity index (χ3n) is 4.73. The molecule has 0 bridgehead atoms. The topological polar surface area (TPSA) is 74.8 Å². The molecule has 0 saturated carbocycles. The molecule has 0 aliphatic carbocycles. The molecule has 7 nitrogen and oxygen atoms in total. The highest BCUT2D eigenvalue weighted by atomic mass is 32.2. The first-order valence-electron chi connectivity index (χ1n) is 9.91. The first kappa shape index (κ1) is 23.1. The number of thioether (sulfide) groups is 1. The standard InChI is InChI=1S/C24H25N3O4S/c1-5-13-32-16-22(28)31-20-12-11-18(14-21(20)30-4)15-25-23-17(2)26(3)27(24(23)29)19-9-7-6-8-10-19/h5-12,14-15H,1,13,16H2,2-4H3. The van der Waals surface area contributed by atoms with Crippen LogP contribution in [0.25, 0.3) is 5.69 Å². The van der Waals surface area contributed by atoms with Crippen molar-refractivity contribution in [3.63, 3.8) is 0 Å². The quantitative estimate of drug-likeness (QED) is 0.161. The Balaban J connectivity index is 1.83. The summed E-state index contributed by atoms with van der Waals surface area (Å²) in [7, 11) is 3.32. The summed E-state index contributed by atoms with van der Waals surface area (Å²) in [4.78, 5) is 29.4. The predicted octanol–water partition coefficient (Wildman–Crippen LogP) is 4.07. The average Bonchev–Trinajstić information content (AvgIpc) is 3.01. The van der Waals surface area contributed by atoms with Crippen molar-refractivity contribution >= 4 is 29.6 Å². The minimum Gasteiger partial charge on any atom is -0.493 e. The first-order chi connectivity index (χ1) is 15.5. The summed E-state index contributed by atoms with van der Waals surface area (Å²) in [5, 5.41) is 0. The Morgan fingerprint density at radius 1 is 1.19 bits per heavy atom. The van der Waals surface area contributed by atoms with E-state index in [9.17, 15) is 9.59 Å². The molecular formula is C24H25N3O4S. The Labute approximate surface area is 191 Å². The number of aromatic nitrogens is 2. The Morgan fingerprint density at radius 3 is 2.62 bits per heavy atom. The van der Waals surface area contributed by atoms with Gasteiger partial charge in [0, 0.05) is 19.0 Å². The lowest BCUT2D eigenvalue weighted by Crippen LogP contribution is -2.19. The van der Waals surface area contributed by atoms with E-state index in [1.54, 1.807) is 39.9 Å². The SMILES string of the molecule is C=CCSCC(=O)Oc1ccc(C=Nc2c(C)n(C)n(-c3ccccc3)c2=O)cc1OC. The summed E-state index contributed by atoms with van der Waals surface area (Å²) in [6, 6.07) is 14.5. The van der Waals surface area contributed by atoms with Crippen LogP contribution in [0.1, 0.15) is 11.3 Å². The van der Waals surface area contributed by atoms with Crippen molar-refractivity contribution < 1.29 is 14.3 Å². The molecule has 2 aromatic carbocycles. The van der Waals surface area contributed by atoms with Crippen LogP contribution in [-0.4, -0.2) is 40.2 Å². The van der Waals surface area contributed by atoms with Gasteiger partial charge < -0.3 is 9.47 Å². The number of carbonyl (C=O) groups is 1. The normalized spacial score (nSPS) is 11.0. The van der Waals surface area contributed by atoms with E-state index in [1.807, 2.05) is 44.3 Å². The van der Waals surface area contributed by atoms with E-state index in [-0.39, 0.29) is 17.3 Å². The molecule has 1 heterocycles. The van der Waals surface area contributed by atoms with Gasteiger partial charge in [-0.2, -0.15) is 0 Å². The zero-order valence-corrected chi connectivity index (χ0v) is 19.1. The number of aliphatic imine (C=N–C) groups is 1. The first-order valence-corrected chi connectivity index (χ1v) is 11.1. The predicted molar refractivity (Wildman–Crippen MR) is 129 cm³/mol. The molecule has 8 heteroatoms. The lowest BCUT2D eigenvalue weighted by molar-refractivity contribution is -0.131. The van der Waals surface area contributed by atoms with Crippen molar-refractivity contribution in [1.29, 1.82) is 0 Å². The maximum atomic E-state index is 13.0. The van der Waals surface area contributed by atoms with E-state index in [1.165, 1.54) is 18.9 Å². The number of rotatable bonds is 9. The van der Waals surface area contributed by atoms with Crippen LogP contribution in [0.4, 0.5) is 5.69 Å².